The zero-order chi connectivity index (χ0) is 29.8. The highest BCUT2D eigenvalue weighted by molar-refractivity contribution is 7.92. The van der Waals surface area contributed by atoms with E-state index in [2.05, 4.69) is 0 Å². The quantitative estimate of drug-likeness (QED) is 0.275. The van der Waals surface area contributed by atoms with Gasteiger partial charge in [-0.2, -0.15) is 0 Å². The van der Waals surface area contributed by atoms with Crippen molar-refractivity contribution < 1.29 is 21.9 Å². The van der Waals surface area contributed by atoms with Crippen LogP contribution in [0.3, 0.4) is 0 Å². The Morgan fingerprint density at radius 1 is 0.846 bits per heavy atom. The number of aryl methyl sites for hydroxylation is 2. The van der Waals surface area contributed by atoms with Gasteiger partial charge >= 0.3 is 0 Å². The Kier molecular flexibility index (Phi) is 11.0. The van der Waals surface area contributed by atoms with E-state index in [4.69, 9.17) is 0 Å². The molecule has 0 fully saturated rings. The monoisotopic (exact) mass is 574 g/mol. The fourth-order valence-electron chi connectivity index (χ4n) is 5.11. The third-order valence-corrected chi connectivity index (χ3v) is 11.1. The van der Waals surface area contributed by atoms with Gasteiger partial charge in [0.25, 0.3) is 0 Å². The Labute approximate surface area is 236 Å². The lowest BCUT2D eigenvalue weighted by atomic mass is 9.73. The van der Waals surface area contributed by atoms with Crippen LogP contribution >= 0.6 is 0 Å². The summed E-state index contributed by atoms with van der Waals surface area (Å²) in [6.07, 6.45) is 1.57. The second-order valence-electron chi connectivity index (χ2n) is 11.9. The standard InChI is InChI=1S/C32H46O5S2/c1-22(2)27(7)31(32(8,9)21-26(6)33)30(39(36,37)29-16-12-24(4)13-17-29)20-25(5)18-19-38(34,35)28-14-10-23(3)11-15-28/h10-18,22,26,30,33H,19-21H2,1-9H3/b25-18+,31-27-. The smallest absolute Gasteiger partial charge is 0.185 e. The van der Waals surface area contributed by atoms with Gasteiger partial charge in [-0.1, -0.05) is 80.3 Å². The molecule has 0 aliphatic carbocycles. The average molecular weight is 575 g/mol. The Hall–Kier alpha value is -2.22. The molecule has 0 aliphatic heterocycles. The number of hydrogen-bond acceptors (Lipinski definition) is 5. The molecule has 0 aliphatic rings. The molecule has 2 aromatic carbocycles. The molecule has 0 saturated heterocycles. The topological polar surface area (TPSA) is 88.5 Å². The molecule has 2 aromatic rings. The first-order valence-electron chi connectivity index (χ1n) is 13.5. The maximum absolute atomic E-state index is 14.3. The number of sulfone groups is 2. The molecule has 0 heterocycles. The minimum atomic E-state index is -3.85. The van der Waals surface area contributed by atoms with Crippen LogP contribution < -0.4 is 0 Å². The third kappa shape index (κ3) is 8.63. The molecule has 2 atom stereocenters. The molecule has 39 heavy (non-hydrogen) atoms. The van der Waals surface area contributed by atoms with Crippen molar-refractivity contribution in [1.82, 2.24) is 0 Å². The van der Waals surface area contributed by atoms with Crippen molar-refractivity contribution in [2.75, 3.05) is 5.75 Å². The van der Waals surface area contributed by atoms with Crippen molar-refractivity contribution in [3.05, 3.63) is 82.5 Å². The molecule has 0 radical (unpaired) electrons. The van der Waals surface area contributed by atoms with Crippen LogP contribution in [0, 0.1) is 25.2 Å². The van der Waals surface area contributed by atoms with Crippen LogP contribution in [0.15, 0.2) is 81.1 Å². The third-order valence-electron chi connectivity index (χ3n) is 7.41. The molecular formula is C32H46O5S2. The Morgan fingerprint density at radius 3 is 1.74 bits per heavy atom. The van der Waals surface area contributed by atoms with Crippen LogP contribution in [-0.2, 0) is 19.7 Å². The summed E-state index contributed by atoms with van der Waals surface area (Å²) in [6.45, 7) is 17.4. The van der Waals surface area contributed by atoms with Gasteiger partial charge in [-0.3, -0.25) is 0 Å². The van der Waals surface area contributed by atoms with Gasteiger partial charge in [-0.05, 0) is 88.6 Å². The number of hydrogen-bond donors (Lipinski definition) is 1. The molecule has 1 N–H and O–H groups in total. The first-order chi connectivity index (χ1) is 17.9. The first-order valence-corrected chi connectivity index (χ1v) is 16.7. The van der Waals surface area contributed by atoms with Crippen molar-refractivity contribution in [2.45, 2.75) is 96.3 Å². The highest BCUT2D eigenvalue weighted by Crippen LogP contribution is 2.43. The van der Waals surface area contributed by atoms with Crippen LogP contribution in [0.4, 0.5) is 0 Å². The minimum absolute atomic E-state index is 0.0928. The SMILES string of the molecule is C/C(=C\CS(=O)(=O)c1ccc(C)cc1)CC(/C(=C(\C)C(C)C)C(C)(C)CC(C)O)S(=O)(=O)c1ccc(C)cc1. The lowest BCUT2D eigenvalue weighted by Crippen LogP contribution is -2.35. The summed E-state index contributed by atoms with van der Waals surface area (Å²) < 4.78 is 54.6. The average Bonchev–Trinajstić information content (AvgIpc) is 2.81. The molecule has 2 unspecified atom stereocenters. The lowest BCUT2D eigenvalue weighted by molar-refractivity contribution is 0.142. The molecule has 0 saturated carbocycles. The van der Waals surface area contributed by atoms with E-state index in [0.29, 0.717) is 12.0 Å². The molecular weight excluding hydrogens is 528 g/mol. The van der Waals surface area contributed by atoms with Gasteiger partial charge in [-0.25, -0.2) is 16.8 Å². The second-order valence-corrected chi connectivity index (χ2v) is 16.0. The Balaban J connectivity index is 2.65. The predicted molar refractivity (Wildman–Crippen MR) is 161 cm³/mol. The normalized spacial score (nSPS) is 15.7. The summed E-state index contributed by atoms with van der Waals surface area (Å²) in [5.74, 6) is -0.117. The summed E-state index contributed by atoms with van der Waals surface area (Å²) in [7, 11) is -7.42. The van der Waals surface area contributed by atoms with E-state index in [1.165, 1.54) is 0 Å². The molecule has 0 bridgehead atoms. The van der Waals surface area contributed by atoms with E-state index >= 15 is 0 Å². The number of aliphatic hydroxyl groups excluding tert-OH is 1. The van der Waals surface area contributed by atoms with E-state index in [1.54, 1.807) is 68.5 Å². The molecule has 0 aromatic heterocycles. The molecule has 0 amide bonds. The summed E-state index contributed by atoms with van der Waals surface area (Å²) >= 11 is 0. The zero-order valence-electron chi connectivity index (χ0n) is 24.9. The van der Waals surface area contributed by atoms with Crippen molar-refractivity contribution in [1.29, 1.82) is 0 Å². The predicted octanol–water partition coefficient (Wildman–Crippen LogP) is 7.03. The van der Waals surface area contributed by atoms with Crippen LogP contribution in [-0.4, -0.2) is 39.0 Å². The number of benzene rings is 2. The number of allylic oxidation sites excluding steroid dienone is 2. The summed E-state index contributed by atoms with van der Waals surface area (Å²) in [4.78, 5) is 0.482. The summed E-state index contributed by atoms with van der Waals surface area (Å²) in [6, 6.07) is 13.6. The highest BCUT2D eigenvalue weighted by Gasteiger charge is 2.40. The number of rotatable bonds is 12. The van der Waals surface area contributed by atoms with E-state index in [0.717, 1.165) is 22.3 Å². The molecule has 2 rings (SSSR count). The van der Waals surface area contributed by atoms with Crippen molar-refractivity contribution in [3.8, 4) is 0 Å². The Morgan fingerprint density at radius 2 is 1.31 bits per heavy atom. The van der Waals surface area contributed by atoms with Crippen molar-refractivity contribution in [2.24, 2.45) is 11.3 Å². The van der Waals surface area contributed by atoms with Crippen LogP contribution in [0.5, 0.6) is 0 Å². The van der Waals surface area contributed by atoms with Crippen molar-refractivity contribution >= 4 is 19.7 Å². The Bertz CT molecular complexity index is 1390. The van der Waals surface area contributed by atoms with Gasteiger partial charge in [0.2, 0.25) is 0 Å². The fraction of sp³-hybridized carbons (Fsp3) is 0.500. The van der Waals surface area contributed by atoms with E-state index < -0.39 is 36.4 Å². The zero-order valence-corrected chi connectivity index (χ0v) is 26.6. The van der Waals surface area contributed by atoms with E-state index in [-0.39, 0.29) is 27.9 Å². The molecule has 0 spiro atoms. The van der Waals surface area contributed by atoms with E-state index in [9.17, 15) is 21.9 Å². The summed E-state index contributed by atoms with van der Waals surface area (Å²) in [5.41, 5.74) is 3.78. The van der Waals surface area contributed by atoms with Gasteiger partial charge < -0.3 is 5.11 Å². The molecule has 216 valence electrons. The maximum Gasteiger partial charge on any atom is 0.185 e. The lowest BCUT2D eigenvalue weighted by Gasteiger charge is -2.37. The van der Waals surface area contributed by atoms with Gasteiger partial charge in [0.15, 0.2) is 19.7 Å². The van der Waals surface area contributed by atoms with Gasteiger partial charge in [-0.15, -0.1) is 0 Å². The van der Waals surface area contributed by atoms with Gasteiger partial charge in [0.1, 0.15) is 0 Å². The maximum atomic E-state index is 14.3. The first kappa shape index (κ1) is 33.0. The van der Waals surface area contributed by atoms with Crippen LogP contribution in [0.2, 0.25) is 0 Å². The van der Waals surface area contributed by atoms with E-state index in [1.807, 2.05) is 48.5 Å². The summed E-state index contributed by atoms with van der Waals surface area (Å²) in [5, 5.41) is 9.41. The second kappa shape index (κ2) is 13.0. The largest absolute Gasteiger partial charge is 0.393 e. The van der Waals surface area contributed by atoms with Crippen LogP contribution in [0.25, 0.3) is 0 Å². The minimum Gasteiger partial charge on any atom is -0.393 e. The molecule has 7 heteroatoms. The number of aliphatic hydroxyl groups is 1. The van der Waals surface area contributed by atoms with Gasteiger partial charge in [0.05, 0.1) is 26.9 Å². The van der Waals surface area contributed by atoms with Gasteiger partial charge in [0, 0.05) is 0 Å². The molecule has 5 nitrogen and oxygen atoms in total. The fourth-order valence-corrected chi connectivity index (χ4v) is 8.50. The van der Waals surface area contributed by atoms with Crippen molar-refractivity contribution in [3.63, 3.8) is 0 Å². The van der Waals surface area contributed by atoms with Crippen LogP contribution in [0.1, 0.15) is 72.4 Å². The highest BCUT2D eigenvalue weighted by atomic mass is 32.2.